The largest absolute Gasteiger partial charge is 0.495 e. The third-order valence-electron chi connectivity index (χ3n) is 5.63. The molecule has 2 N–H and O–H groups in total. The highest BCUT2D eigenvalue weighted by Crippen LogP contribution is 2.31. The quantitative estimate of drug-likeness (QED) is 0.209. The molecule has 0 spiro atoms. The van der Waals surface area contributed by atoms with Crippen LogP contribution in [0, 0.1) is 11.8 Å². The lowest BCUT2D eigenvalue weighted by atomic mass is 10.1. The molecule has 2 fully saturated rings. The van der Waals surface area contributed by atoms with Gasteiger partial charge in [0.1, 0.15) is 5.75 Å². The Hall–Kier alpha value is -1.26. The Kier molecular flexibility index (Phi) is 11.6. The number of ether oxygens (including phenoxy) is 3. The lowest BCUT2D eigenvalue weighted by molar-refractivity contribution is 0.0888. The van der Waals surface area contributed by atoms with E-state index in [1.54, 1.807) is 7.11 Å². The molecule has 0 saturated carbocycles. The van der Waals surface area contributed by atoms with Gasteiger partial charge in [-0.25, -0.2) is 0 Å². The molecule has 0 aromatic heterocycles. The number of halogens is 1. The first-order chi connectivity index (χ1) is 14.3. The first-order valence-electron chi connectivity index (χ1n) is 10.8. The summed E-state index contributed by atoms with van der Waals surface area (Å²) in [4.78, 5) is 6.75. The van der Waals surface area contributed by atoms with E-state index >= 15 is 0 Å². The number of hydrogen-bond acceptors (Lipinski definition) is 5. The Balaban J connectivity index is 0.00000320. The van der Waals surface area contributed by atoms with Gasteiger partial charge in [0.15, 0.2) is 5.96 Å². The fourth-order valence-electron chi connectivity index (χ4n) is 3.92. The summed E-state index contributed by atoms with van der Waals surface area (Å²) < 4.78 is 16.6. The van der Waals surface area contributed by atoms with Crippen LogP contribution in [0.1, 0.15) is 19.3 Å². The maximum absolute atomic E-state index is 5.75. The fourth-order valence-corrected chi connectivity index (χ4v) is 3.92. The zero-order valence-electron chi connectivity index (χ0n) is 18.3. The molecule has 170 valence electrons. The summed E-state index contributed by atoms with van der Waals surface area (Å²) >= 11 is 0. The van der Waals surface area contributed by atoms with Crippen molar-refractivity contribution in [1.82, 2.24) is 10.6 Å². The van der Waals surface area contributed by atoms with Crippen LogP contribution in [0.5, 0.6) is 5.75 Å². The molecule has 0 amide bonds. The van der Waals surface area contributed by atoms with Crippen molar-refractivity contribution in [2.45, 2.75) is 19.3 Å². The van der Waals surface area contributed by atoms with Gasteiger partial charge in [-0.05, 0) is 37.3 Å². The lowest BCUT2D eigenvalue weighted by Crippen LogP contribution is -2.40. The summed E-state index contributed by atoms with van der Waals surface area (Å²) in [6.45, 7) is 7.20. The predicted octanol–water partition coefficient (Wildman–Crippen LogP) is 2.75. The molecule has 30 heavy (non-hydrogen) atoms. The molecule has 2 unspecified atom stereocenters. The number of guanidine groups is 1. The maximum atomic E-state index is 5.75. The highest BCUT2D eigenvalue weighted by molar-refractivity contribution is 14.0. The van der Waals surface area contributed by atoms with E-state index < -0.39 is 0 Å². The van der Waals surface area contributed by atoms with Gasteiger partial charge in [0.2, 0.25) is 0 Å². The first kappa shape index (κ1) is 25.0. The molecule has 1 aromatic carbocycles. The van der Waals surface area contributed by atoms with Crippen molar-refractivity contribution in [2.24, 2.45) is 16.8 Å². The van der Waals surface area contributed by atoms with E-state index in [2.05, 4.69) is 32.7 Å². The van der Waals surface area contributed by atoms with Crippen molar-refractivity contribution in [1.29, 1.82) is 0 Å². The van der Waals surface area contributed by atoms with Crippen molar-refractivity contribution >= 4 is 35.6 Å². The van der Waals surface area contributed by atoms with Gasteiger partial charge in [-0.2, -0.15) is 0 Å². The lowest BCUT2D eigenvalue weighted by Gasteiger charge is -2.21. The van der Waals surface area contributed by atoms with E-state index in [4.69, 9.17) is 14.2 Å². The summed E-state index contributed by atoms with van der Waals surface area (Å²) in [7, 11) is 3.56. The number of nitrogens with zero attached hydrogens (tertiary/aromatic N) is 2. The van der Waals surface area contributed by atoms with Gasteiger partial charge >= 0.3 is 0 Å². The number of benzene rings is 1. The van der Waals surface area contributed by atoms with E-state index in [1.165, 1.54) is 12.1 Å². The number of nitrogens with one attached hydrogen (secondary N) is 2. The Labute approximate surface area is 197 Å². The molecule has 2 saturated heterocycles. The molecule has 3 rings (SSSR count). The van der Waals surface area contributed by atoms with Crippen molar-refractivity contribution in [3.8, 4) is 5.75 Å². The molecular formula is C22H37IN4O3. The molecular weight excluding hydrogens is 495 g/mol. The molecule has 0 aliphatic carbocycles. The van der Waals surface area contributed by atoms with Crippen LogP contribution in [-0.2, 0) is 9.47 Å². The van der Waals surface area contributed by atoms with Gasteiger partial charge in [0.25, 0.3) is 0 Å². The van der Waals surface area contributed by atoms with E-state index in [1.807, 2.05) is 19.2 Å². The number of hydrogen-bond donors (Lipinski definition) is 2. The van der Waals surface area contributed by atoms with Gasteiger partial charge in [-0.15, -0.1) is 24.0 Å². The molecule has 2 atom stereocenters. The minimum Gasteiger partial charge on any atom is -0.495 e. The van der Waals surface area contributed by atoms with Crippen LogP contribution < -0.4 is 20.3 Å². The number of aliphatic imine (C=N–C) groups is 1. The second-order valence-corrected chi connectivity index (χ2v) is 7.81. The van der Waals surface area contributed by atoms with Gasteiger partial charge in [0, 0.05) is 52.4 Å². The van der Waals surface area contributed by atoms with Gasteiger partial charge in [-0.1, -0.05) is 12.1 Å². The molecule has 2 heterocycles. The smallest absolute Gasteiger partial charge is 0.190 e. The van der Waals surface area contributed by atoms with E-state index in [0.29, 0.717) is 11.8 Å². The number of rotatable bonds is 10. The van der Waals surface area contributed by atoms with Crippen LogP contribution in [0.15, 0.2) is 29.3 Å². The van der Waals surface area contributed by atoms with Crippen LogP contribution in [0.25, 0.3) is 0 Å². The predicted molar refractivity (Wildman–Crippen MR) is 132 cm³/mol. The molecule has 2 aliphatic heterocycles. The molecule has 2 aliphatic rings. The normalized spacial score (nSPS) is 21.4. The average Bonchev–Trinajstić information content (AvgIpc) is 3.45. The summed E-state index contributed by atoms with van der Waals surface area (Å²) in [5.74, 6) is 2.99. The fraction of sp³-hybridized carbons (Fsp3) is 0.682. The van der Waals surface area contributed by atoms with E-state index in [9.17, 15) is 0 Å². The van der Waals surface area contributed by atoms with Crippen LogP contribution in [0.2, 0.25) is 0 Å². The SMILES string of the molecule is CN=C(NCCCOCC1CCOC1)NCC1CCN(c2ccccc2OC)C1.I. The van der Waals surface area contributed by atoms with Crippen molar-refractivity contribution in [3.63, 3.8) is 0 Å². The maximum Gasteiger partial charge on any atom is 0.190 e. The monoisotopic (exact) mass is 532 g/mol. The topological polar surface area (TPSA) is 67.4 Å². The van der Waals surface area contributed by atoms with Crippen LogP contribution in [0.3, 0.4) is 0 Å². The Morgan fingerprint density at radius 1 is 1.23 bits per heavy atom. The Morgan fingerprint density at radius 2 is 2.10 bits per heavy atom. The standard InChI is InChI=1S/C22H36N4O3.HI/c1-23-22(24-10-5-12-28-16-19-9-13-29-17-19)25-14-18-8-11-26(15-18)20-6-3-4-7-21(20)27-2;/h3-4,6-7,18-19H,5,8-17H2,1-2H3,(H2,23,24,25);1H. The molecule has 0 radical (unpaired) electrons. The van der Waals surface area contributed by atoms with Gasteiger partial charge in [0.05, 0.1) is 26.0 Å². The first-order valence-corrected chi connectivity index (χ1v) is 10.8. The van der Waals surface area contributed by atoms with Crippen LogP contribution in [-0.4, -0.2) is 72.7 Å². The molecule has 1 aromatic rings. The van der Waals surface area contributed by atoms with Crippen molar-refractivity contribution in [2.75, 3.05) is 71.7 Å². The average molecular weight is 532 g/mol. The number of methoxy groups -OCH3 is 1. The van der Waals surface area contributed by atoms with Crippen LogP contribution >= 0.6 is 24.0 Å². The van der Waals surface area contributed by atoms with E-state index in [-0.39, 0.29) is 24.0 Å². The third kappa shape index (κ3) is 7.77. The van der Waals surface area contributed by atoms with Gasteiger partial charge < -0.3 is 29.7 Å². The second-order valence-electron chi connectivity index (χ2n) is 7.81. The van der Waals surface area contributed by atoms with E-state index in [0.717, 1.165) is 77.2 Å². The second kappa shape index (κ2) is 13.9. The zero-order chi connectivity index (χ0) is 20.3. The summed E-state index contributed by atoms with van der Waals surface area (Å²) in [5.41, 5.74) is 1.18. The number of anilines is 1. The summed E-state index contributed by atoms with van der Waals surface area (Å²) in [5, 5.41) is 6.85. The number of para-hydroxylation sites is 2. The summed E-state index contributed by atoms with van der Waals surface area (Å²) in [6, 6.07) is 8.25. The Morgan fingerprint density at radius 3 is 2.87 bits per heavy atom. The van der Waals surface area contributed by atoms with Crippen molar-refractivity contribution < 1.29 is 14.2 Å². The Bertz CT molecular complexity index is 641. The zero-order valence-corrected chi connectivity index (χ0v) is 20.6. The third-order valence-corrected chi connectivity index (χ3v) is 5.63. The molecule has 0 bridgehead atoms. The molecule has 8 heteroatoms. The summed E-state index contributed by atoms with van der Waals surface area (Å²) in [6.07, 6.45) is 3.27. The van der Waals surface area contributed by atoms with Crippen molar-refractivity contribution in [3.05, 3.63) is 24.3 Å². The minimum atomic E-state index is 0. The van der Waals surface area contributed by atoms with Gasteiger partial charge in [-0.3, -0.25) is 4.99 Å². The van der Waals surface area contributed by atoms with Crippen LogP contribution in [0.4, 0.5) is 5.69 Å². The highest BCUT2D eigenvalue weighted by Gasteiger charge is 2.24. The molecule has 7 nitrogen and oxygen atoms in total. The highest BCUT2D eigenvalue weighted by atomic mass is 127. The minimum absolute atomic E-state index is 0.